The summed E-state index contributed by atoms with van der Waals surface area (Å²) < 4.78 is 5.43. The van der Waals surface area contributed by atoms with Crippen molar-refractivity contribution in [1.29, 1.82) is 0 Å². The minimum Gasteiger partial charge on any atom is -0.508 e. The zero-order chi connectivity index (χ0) is 30.7. The van der Waals surface area contributed by atoms with Gasteiger partial charge in [0.2, 0.25) is 11.8 Å². The number of ketones is 2. The number of nitrogens with zero attached hydrogens (tertiary/aromatic N) is 1. The number of para-hydroxylation sites is 1. The second-order valence-electron chi connectivity index (χ2n) is 11.7. The molecule has 0 spiro atoms. The Balaban J connectivity index is 1.26. The van der Waals surface area contributed by atoms with Gasteiger partial charge >= 0.3 is 0 Å². The van der Waals surface area contributed by atoms with Crippen molar-refractivity contribution in [3.05, 3.63) is 113 Å². The highest BCUT2D eigenvalue weighted by molar-refractivity contribution is 6.25. The molecule has 2 amide bonds. The van der Waals surface area contributed by atoms with Crippen molar-refractivity contribution in [2.75, 3.05) is 17.3 Å². The molecule has 44 heavy (non-hydrogen) atoms. The molecular formula is C36H30N2O6. The number of fused-ring (bicyclic) bond motifs is 3. The lowest BCUT2D eigenvalue weighted by atomic mass is 9.59. The van der Waals surface area contributed by atoms with Crippen LogP contribution in [0, 0.1) is 17.8 Å². The molecule has 0 radical (unpaired) electrons. The van der Waals surface area contributed by atoms with Gasteiger partial charge in [0.05, 0.1) is 24.6 Å². The Kier molecular flexibility index (Phi) is 6.57. The lowest BCUT2D eigenvalue weighted by Gasteiger charge is -2.42. The second-order valence-corrected chi connectivity index (χ2v) is 11.7. The number of aromatic hydroxyl groups is 1. The van der Waals surface area contributed by atoms with Gasteiger partial charge in [0.15, 0.2) is 11.6 Å². The Bertz CT molecular complexity index is 1840. The molecule has 1 heterocycles. The number of allylic oxidation sites excluding steroid dienone is 6. The lowest BCUT2D eigenvalue weighted by molar-refractivity contribution is -0.123. The van der Waals surface area contributed by atoms with E-state index in [2.05, 4.69) is 5.32 Å². The highest BCUT2D eigenvalue weighted by atomic mass is 16.5. The number of hydrogen-bond donors (Lipinski definition) is 2. The molecule has 0 bridgehead atoms. The van der Waals surface area contributed by atoms with Crippen molar-refractivity contribution in [2.24, 2.45) is 17.8 Å². The van der Waals surface area contributed by atoms with Crippen molar-refractivity contribution in [1.82, 2.24) is 0 Å². The van der Waals surface area contributed by atoms with E-state index < -0.39 is 23.7 Å². The van der Waals surface area contributed by atoms with E-state index in [1.165, 1.54) is 24.2 Å². The summed E-state index contributed by atoms with van der Waals surface area (Å²) in [6.07, 6.45) is 3.76. The van der Waals surface area contributed by atoms with Crippen LogP contribution < -0.4 is 15.0 Å². The van der Waals surface area contributed by atoms with Gasteiger partial charge in [0, 0.05) is 39.6 Å². The minimum atomic E-state index is -0.750. The van der Waals surface area contributed by atoms with Crippen LogP contribution in [-0.4, -0.2) is 35.6 Å². The van der Waals surface area contributed by atoms with Crippen LogP contribution in [-0.2, 0) is 19.2 Å². The largest absolute Gasteiger partial charge is 0.508 e. The number of imide groups is 1. The molecule has 220 valence electrons. The lowest BCUT2D eigenvalue weighted by Crippen LogP contribution is -2.39. The highest BCUT2D eigenvalue weighted by Gasteiger charge is 2.56. The van der Waals surface area contributed by atoms with Crippen LogP contribution in [0.15, 0.2) is 107 Å². The number of methoxy groups -OCH3 is 1. The molecular weight excluding hydrogens is 556 g/mol. The van der Waals surface area contributed by atoms with E-state index in [1.807, 2.05) is 48.5 Å². The van der Waals surface area contributed by atoms with Gasteiger partial charge in [0.1, 0.15) is 11.5 Å². The molecule has 4 atom stereocenters. The summed E-state index contributed by atoms with van der Waals surface area (Å²) >= 11 is 0. The van der Waals surface area contributed by atoms with Crippen LogP contribution in [0.4, 0.5) is 17.1 Å². The van der Waals surface area contributed by atoms with E-state index in [0.717, 1.165) is 16.9 Å². The summed E-state index contributed by atoms with van der Waals surface area (Å²) in [4.78, 5) is 56.2. The molecule has 0 saturated carbocycles. The predicted octanol–water partition coefficient (Wildman–Crippen LogP) is 5.78. The number of carbonyl (C=O) groups excluding carboxylic acids is 4. The Morgan fingerprint density at radius 3 is 2.34 bits per heavy atom. The molecule has 7 rings (SSSR count). The third-order valence-corrected chi connectivity index (χ3v) is 9.30. The number of carbonyl (C=O) groups is 4. The number of phenols is 1. The molecule has 8 heteroatoms. The fourth-order valence-corrected chi connectivity index (χ4v) is 7.24. The zero-order valence-corrected chi connectivity index (χ0v) is 24.2. The van der Waals surface area contributed by atoms with Crippen LogP contribution >= 0.6 is 0 Å². The van der Waals surface area contributed by atoms with E-state index in [-0.39, 0.29) is 35.6 Å². The maximum Gasteiger partial charge on any atom is 0.238 e. The number of hydrogen-bond acceptors (Lipinski definition) is 7. The van der Waals surface area contributed by atoms with Gasteiger partial charge in [-0.15, -0.1) is 0 Å². The Morgan fingerprint density at radius 1 is 0.886 bits per heavy atom. The first kappa shape index (κ1) is 27.6. The first-order chi connectivity index (χ1) is 21.3. The average molecular weight is 587 g/mol. The van der Waals surface area contributed by atoms with E-state index >= 15 is 0 Å². The highest BCUT2D eigenvalue weighted by Crippen LogP contribution is 2.56. The predicted molar refractivity (Wildman–Crippen MR) is 165 cm³/mol. The molecule has 0 aromatic heterocycles. The number of nitrogens with one attached hydrogen (secondary N) is 1. The molecule has 3 aromatic rings. The molecule has 1 fully saturated rings. The molecule has 4 unspecified atom stereocenters. The minimum absolute atomic E-state index is 0.0431. The van der Waals surface area contributed by atoms with E-state index in [1.54, 1.807) is 31.2 Å². The normalized spacial score (nSPS) is 24.4. The Hall–Kier alpha value is -5.24. The van der Waals surface area contributed by atoms with Gasteiger partial charge in [-0.1, -0.05) is 29.8 Å². The van der Waals surface area contributed by atoms with Crippen molar-refractivity contribution >= 4 is 40.4 Å². The number of Topliss-reactive ketones (excluding diaryl/α,β-unsaturated/α-hetero) is 1. The summed E-state index contributed by atoms with van der Waals surface area (Å²) in [6.45, 7) is 1.61. The Morgan fingerprint density at radius 2 is 1.61 bits per heavy atom. The zero-order valence-electron chi connectivity index (χ0n) is 24.2. The van der Waals surface area contributed by atoms with Gasteiger partial charge in [-0.3, -0.25) is 24.1 Å². The first-order valence-corrected chi connectivity index (χ1v) is 14.6. The number of phenolic OH excluding ortho intramolecular Hbond substituents is 1. The standard InChI is InChI=1S/C36H30N2O6/c1-19-16-30(40)28-18-26-24(31(33(28)34(19)41)27-17-23(44-2)12-15-29(27)39)13-14-25-32(26)36(43)38(35(25)42)22-10-8-21(9-11-22)37-20-6-4-3-5-7-20/h3-13,15-17,25-26,31-32,37,39H,14,18H2,1-2H3. The average Bonchev–Trinajstić information content (AvgIpc) is 3.29. The maximum atomic E-state index is 14.2. The third-order valence-electron chi connectivity index (χ3n) is 9.30. The molecule has 3 aromatic carbocycles. The van der Waals surface area contributed by atoms with Gasteiger partial charge in [-0.25, -0.2) is 0 Å². The van der Waals surface area contributed by atoms with Gasteiger partial charge in [0.25, 0.3) is 0 Å². The molecule has 4 aliphatic rings. The second kappa shape index (κ2) is 10.5. The summed E-state index contributed by atoms with van der Waals surface area (Å²) in [6, 6.07) is 21.6. The summed E-state index contributed by atoms with van der Waals surface area (Å²) in [5.41, 5.74) is 4.41. The smallest absolute Gasteiger partial charge is 0.238 e. The number of benzene rings is 3. The summed E-state index contributed by atoms with van der Waals surface area (Å²) in [7, 11) is 1.51. The van der Waals surface area contributed by atoms with Crippen LogP contribution in [0.2, 0.25) is 0 Å². The van der Waals surface area contributed by atoms with E-state index in [9.17, 15) is 24.3 Å². The van der Waals surface area contributed by atoms with Crippen molar-refractivity contribution in [2.45, 2.75) is 25.7 Å². The van der Waals surface area contributed by atoms with Crippen molar-refractivity contribution in [3.8, 4) is 11.5 Å². The van der Waals surface area contributed by atoms with Crippen molar-refractivity contribution in [3.63, 3.8) is 0 Å². The molecule has 2 N–H and O–H groups in total. The molecule has 1 aliphatic heterocycles. The van der Waals surface area contributed by atoms with E-state index in [0.29, 0.717) is 40.1 Å². The monoisotopic (exact) mass is 586 g/mol. The van der Waals surface area contributed by atoms with Crippen molar-refractivity contribution < 1.29 is 29.0 Å². The summed E-state index contributed by atoms with van der Waals surface area (Å²) in [5.74, 6) is -3.23. The third kappa shape index (κ3) is 4.28. The van der Waals surface area contributed by atoms with Gasteiger partial charge in [-0.2, -0.15) is 0 Å². The topological polar surface area (TPSA) is 113 Å². The first-order valence-electron chi connectivity index (χ1n) is 14.6. The van der Waals surface area contributed by atoms with Crippen LogP contribution in [0.3, 0.4) is 0 Å². The molecule has 3 aliphatic carbocycles. The Labute approximate surface area is 254 Å². The molecule has 1 saturated heterocycles. The number of amides is 2. The fraction of sp³-hybridized carbons (Fsp3) is 0.222. The molecule has 8 nitrogen and oxygen atoms in total. The SMILES string of the molecule is COc1ccc(O)c(C2C3=CCC4C(=O)N(c5ccc(Nc6ccccc6)cc5)C(=O)C4C3CC3=C2C(=O)C(C)=CC3=O)c1. The number of anilines is 3. The van der Waals surface area contributed by atoms with Crippen LogP contribution in [0.5, 0.6) is 11.5 Å². The van der Waals surface area contributed by atoms with Gasteiger partial charge < -0.3 is 15.2 Å². The fourth-order valence-electron chi connectivity index (χ4n) is 7.24. The summed E-state index contributed by atoms with van der Waals surface area (Å²) in [5, 5.41) is 14.3. The quantitative estimate of drug-likeness (QED) is 0.221. The number of rotatable bonds is 5. The number of ether oxygens (including phenoxy) is 1. The van der Waals surface area contributed by atoms with E-state index in [4.69, 9.17) is 4.74 Å². The maximum absolute atomic E-state index is 14.2. The van der Waals surface area contributed by atoms with Gasteiger partial charge in [-0.05, 0) is 86.4 Å². The van der Waals surface area contributed by atoms with Crippen LogP contribution in [0.1, 0.15) is 31.2 Å². The van der Waals surface area contributed by atoms with Crippen LogP contribution in [0.25, 0.3) is 0 Å².